The number of alkyl halides is 2. The van der Waals surface area contributed by atoms with Crippen LogP contribution in [0.5, 0.6) is 0 Å². The number of hydrogen-bond acceptors (Lipinski definition) is 3. The fourth-order valence-corrected chi connectivity index (χ4v) is 2.63. The molecular weight excluding hydrogens is 178 g/mol. The van der Waals surface area contributed by atoms with Gasteiger partial charge in [0.2, 0.25) is 0 Å². The number of nitrogens with two attached hydrogens (primary N) is 1. The van der Waals surface area contributed by atoms with Crippen LogP contribution < -0.4 is 5.90 Å². The molecule has 2 aliphatic rings. The quantitative estimate of drug-likeness (QED) is 0.656. The van der Waals surface area contributed by atoms with Crippen molar-refractivity contribution in [1.82, 2.24) is 4.90 Å². The lowest BCUT2D eigenvalue weighted by atomic mass is 9.94. The maximum atomic E-state index is 13.1. The Kier molecular flexibility index (Phi) is 2.05. The van der Waals surface area contributed by atoms with Gasteiger partial charge in [-0.15, -0.1) is 0 Å². The van der Waals surface area contributed by atoms with Gasteiger partial charge in [0.25, 0.3) is 5.92 Å². The van der Waals surface area contributed by atoms with E-state index in [1.807, 2.05) is 4.90 Å². The monoisotopic (exact) mass is 192 g/mol. The molecule has 2 rings (SSSR count). The lowest BCUT2D eigenvalue weighted by molar-refractivity contribution is 0.00265. The van der Waals surface area contributed by atoms with Crippen LogP contribution in [-0.2, 0) is 4.84 Å². The summed E-state index contributed by atoms with van der Waals surface area (Å²) in [7, 11) is 0. The highest BCUT2D eigenvalue weighted by atomic mass is 19.3. The molecule has 0 radical (unpaired) electrons. The molecule has 13 heavy (non-hydrogen) atoms. The van der Waals surface area contributed by atoms with Gasteiger partial charge in [0.15, 0.2) is 0 Å². The molecule has 0 aromatic heterocycles. The molecule has 0 aromatic rings. The molecule has 2 saturated heterocycles. The Hall–Kier alpha value is -0.260. The summed E-state index contributed by atoms with van der Waals surface area (Å²) in [5.74, 6) is 2.42. The van der Waals surface area contributed by atoms with Crippen LogP contribution in [0.2, 0.25) is 0 Å². The predicted molar refractivity (Wildman–Crippen MR) is 43.2 cm³/mol. The van der Waals surface area contributed by atoms with Gasteiger partial charge in [0, 0.05) is 6.42 Å². The first-order valence-electron chi connectivity index (χ1n) is 4.53. The van der Waals surface area contributed by atoms with Crippen molar-refractivity contribution in [3.63, 3.8) is 0 Å². The third kappa shape index (κ3) is 1.45. The van der Waals surface area contributed by atoms with Crippen LogP contribution in [0.4, 0.5) is 8.78 Å². The zero-order valence-corrected chi connectivity index (χ0v) is 7.43. The van der Waals surface area contributed by atoms with Gasteiger partial charge in [-0.05, 0) is 19.4 Å². The van der Waals surface area contributed by atoms with Crippen molar-refractivity contribution in [1.29, 1.82) is 0 Å². The summed E-state index contributed by atoms with van der Waals surface area (Å²) in [4.78, 5) is 6.37. The van der Waals surface area contributed by atoms with Crippen LogP contribution in [0.15, 0.2) is 0 Å². The van der Waals surface area contributed by atoms with E-state index in [9.17, 15) is 8.78 Å². The molecule has 0 spiro atoms. The van der Waals surface area contributed by atoms with Gasteiger partial charge in [0.05, 0.1) is 18.7 Å². The van der Waals surface area contributed by atoms with Crippen molar-refractivity contribution >= 4 is 0 Å². The molecular formula is C8H14F2N2O. The minimum Gasteiger partial charge on any atom is -0.303 e. The van der Waals surface area contributed by atoms with E-state index >= 15 is 0 Å². The molecule has 0 aliphatic carbocycles. The number of hydrogen-bond donors (Lipinski definition) is 1. The number of halogens is 2. The molecule has 0 saturated carbocycles. The van der Waals surface area contributed by atoms with Gasteiger partial charge in [-0.2, -0.15) is 0 Å². The Morgan fingerprint density at radius 2 is 2.23 bits per heavy atom. The van der Waals surface area contributed by atoms with Crippen molar-refractivity contribution in [3.05, 3.63) is 0 Å². The molecule has 2 aliphatic heterocycles. The van der Waals surface area contributed by atoms with Gasteiger partial charge in [-0.25, -0.2) is 14.7 Å². The molecule has 1 atom stereocenters. The fourth-order valence-electron chi connectivity index (χ4n) is 2.63. The Morgan fingerprint density at radius 1 is 1.46 bits per heavy atom. The lowest BCUT2D eigenvalue weighted by Crippen LogP contribution is -2.43. The Morgan fingerprint density at radius 3 is 2.92 bits per heavy atom. The average molecular weight is 192 g/mol. The van der Waals surface area contributed by atoms with E-state index in [-0.39, 0.29) is 19.6 Å². The maximum Gasteiger partial charge on any atom is 0.262 e. The number of nitrogens with zero attached hydrogens (tertiary/aromatic N) is 1. The third-order valence-electron chi connectivity index (χ3n) is 3.10. The summed E-state index contributed by atoms with van der Waals surface area (Å²) in [5, 5.41) is 0. The molecule has 76 valence electrons. The highest BCUT2D eigenvalue weighted by Gasteiger charge is 2.56. The normalized spacial score (nSPS) is 38.1. The van der Waals surface area contributed by atoms with Gasteiger partial charge < -0.3 is 4.84 Å². The summed E-state index contributed by atoms with van der Waals surface area (Å²) in [6.07, 6.45) is 1.65. The summed E-state index contributed by atoms with van der Waals surface area (Å²) in [5.41, 5.74) is -0.474. The van der Waals surface area contributed by atoms with Crippen LogP contribution in [0.3, 0.4) is 0 Å². The topological polar surface area (TPSA) is 38.5 Å². The number of rotatable bonds is 2. The standard InChI is InChI=1S/C8H14F2N2O/c9-8(10)4-7(6-13-11)2-1-3-12(7)5-8/h1-6,11H2. The second-order valence-corrected chi connectivity index (χ2v) is 4.09. The molecule has 0 bridgehead atoms. The second-order valence-electron chi connectivity index (χ2n) is 4.09. The molecule has 0 amide bonds. The molecule has 2 heterocycles. The minimum absolute atomic E-state index is 0.100. The van der Waals surface area contributed by atoms with Crippen LogP contribution >= 0.6 is 0 Å². The first-order valence-corrected chi connectivity index (χ1v) is 4.53. The predicted octanol–water partition coefficient (Wildman–Crippen LogP) is 0.750. The van der Waals surface area contributed by atoms with E-state index in [4.69, 9.17) is 5.90 Å². The molecule has 5 heteroatoms. The molecule has 0 aromatic carbocycles. The second kappa shape index (κ2) is 2.87. The van der Waals surface area contributed by atoms with Gasteiger partial charge in [-0.3, -0.25) is 4.90 Å². The van der Waals surface area contributed by atoms with Crippen LogP contribution in [0.25, 0.3) is 0 Å². The molecule has 3 nitrogen and oxygen atoms in total. The largest absolute Gasteiger partial charge is 0.303 e. The SMILES string of the molecule is NOCC12CCCN1CC(F)(F)C2. The van der Waals surface area contributed by atoms with E-state index in [2.05, 4.69) is 4.84 Å². The van der Waals surface area contributed by atoms with Crippen molar-refractivity contribution in [2.45, 2.75) is 30.7 Å². The van der Waals surface area contributed by atoms with E-state index < -0.39 is 11.5 Å². The molecule has 2 N–H and O–H groups in total. The van der Waals surface area contributed by atoms with Gasteiger partial charge in [0.1, 0.15) is 0 Å². The van der Waals surface area contributed by atoms with Crippen molar-refractivity contribution in [2.24, 2.45) is 5.90 Å². The smallest absolute Gasteiger partial charge is 0.262 e. The van der Waals surface area contributed by atoms with E-state index in [0.29, 0.717) is 0 Å². The first-order chi connectivity index (χ1) is 6.08. The van der Waals surface area contributed by atoms with E-state index in [1.165, 1.54) is 0 Å². The van der Waals surface area contributed by atoms with Gasteiger partial charge >= 0.3 is 0 Å². The highest BCUT2D eigenvalue weighted by Crippen LogP contribution is 2.45. The van der Waals surface area contributed by atoms with Gasteiger partial charge in [-0.1, -0.05) is 0 Å². The fraction of sp³-hybridized carbons (Fsp3) is 1.00. The molecule has 1 unspecified atom stereocenters. The summed E-state index contributed by atoms with van der Waals surface area (Å²) < 4.78 is 26.2. The van der Waals surface area contributed by atoms with Crippen LogP contribution in [0.1, 0.15) is 19.3 Å². The van der Waals surface area contributed by atoms with Crippen molar-refractivity contribution in [2.75, 3.05) is 19.7 Å². The Balaban J connectivity index is 2.15. The van der Waals surface area contributed by atoms with Crippen molar-refractivity contribution < 1.29 is 13.6 Å². The third-order valence-corrected chi connectivity index (χ3v) is 3.10. The Labute approximate surface area is 75.8 Å². The summed E-state index contributed by atoms with van der Waals surface area (Å²) in [6, 6.07) is 0. The van der Waals surface area contributed by atoms with Crippen LogP contribution in [-0.4, -0.2) is 36.1 Å². The molecule has 2 fully saturated rings. The van der Waals surface area contributed by atoms with E-state index in [1.54, 1.807) is 0 Å². The number of fused-ring (bicyclic) bond motifs is 1. The zero-order valence-electron chi connectivity index (χ0n) is 7.43. The highest BCUT2D eigenvalue weighted by molar-refractivity contribution is 5.06. The Bertz CT molecular complexity index is 212. The lowest BCUT2D eigenvalue weighted by Gasteiger charge is -2.29. The van der Waals surface area contributed by atoms with Crippen molar-refractivity contribution in [3.8, 4) is 0 Å². The van der Waals surface area contributed by atoms with E-state index in [0.717, 1.165) is 19.4 Å². The summed E-state index contributed by atoms with van der Waals surface area (Å²) >= 11 is 0. The maximum absolute atomic E-state index is 13.1. The summed E-state index contributed by atoms with van der Waals surface area (Å²) in [6.45, 7) is 0.845. The average Bonchev–Trinajstić information content (AvgIpc) is 2.40. The minimum atomic E-state index is -2.56. The first kappa shape index (κ1) is 9.30. The van der Waals surface area contributed by atoms with Crippen LogP contribution in [0, 0.1) is 0 Å². The zero-order chi connectivity index (χ0) is 9.53.